The summed E-state index contributed by atoms with van der Waals surface area (Å²) in [5.41, 5.74) is 16.3. The van der Waals surface area contributed by atoms with E-state index in [1.54, 1.807) is 6.08 Å². The maximum absolute atomic E-state index is 8.80. The number of anilines is 1. The average molecular weight is 643 g/mol. The minimum absolute atomic E-state index is 0.342. The fourth-order valence-corrected chi connectivity index (χ4v) is 6.68. The van der Waals surface area contributed by atoms with Crippen molar-refractivity contribution in [1.29, 1.82) is 5.41 Å². The van der Waals surface area contributed by atoms with Crippen LogP contribution in [0.5, 0.6) is 0 Å². The first kappa shape index (κ1) is 29.4. The zero-order valence-electron chi connectivity index (χ0n) is 27.0. The Kier molecular flexibility index (Phi) is 7.25. The molecule has 1 aliphatic heterocycles. The number of hydrogen-bond donors (Lipinski definition) is 2. The average Bonchev–Trinajstić information content (AvgIpc) is 3.41. The molecule has 50 heavy (non-hydrogen) atoms. The highest BCUT2D eigenvalue weighted by Crippen LogP contribution is 2.37. The molecular weight excluding hydrogens is 613 g/mol. The van der Waals surface area contributed by atoms with Crippen LogP contribution >= 0.6 is 0 Å². The molecule has 0 saturated carbocycles. The number of hydrazone groups is 1. The van der Waals surface area contributed by atoms with Crippen LogP contribution < -0.4 is 5.43 Å². The molecule has 9 rings (SSSR count). The summed E-state index contributed by atoms with van der Waals surface area (Å²) in [4.78, 5) is 15.5. The molecule has 0 spiro atoms. The molecular formula is C44H30N6. The molecule has 6 heteroatoms. The largest absolute Gasteiger partial charge is 0.299 e. The van der Waals surface area contributed by atoms with Crippen molar-refractivity contribution in [3.8, 4) is 22.5 Å². The highest BCUT2D eigenvalue weighted by molar-refractivity contribution is 6.55. The molecule has 0 atom stereocenters. The van der Waals surface area contributed by atoms with Crippen LogP contribution in [-0.2, 0) is 6.42 Å². The first-order valence-corrected chi connectivity index (χ1v) is 16.6. The summed E-state index contributed by atoms with van der Waals surface area (Å²) < 4.78 is 0. The van der Waals surface area contributed by atoms with E-state index in [0.717, 1.165) is 90.1 Å². The lowest BCUT2D eigenvalue weighted by molar-refractivity contribution is 1.26. The van der Waals surface area contributed by atoms with Crippen LogP contribution in [0.3, 0.4) is 0 Å². The van der Waals surface area contributed by atoms with Crippen LogP contribution in [-0.4, -0.2) is 27.1 Å². The Labute approximate surface area is 289 Å². The van der Waals surface area contributed by atoms with E-state index in [4.69, 9.17) is 25.5 Å². The summed E-state index contributed by atoms with van der Waals surface area (Å²) in [6, 6.07) is 45.1. The van der Waals surface area contributed by atoms with Crippen molar-refractivity contribution in [3.63, 3.8) is 0 Å². The van der Waals surface area contributed by atoms with Gasteiger partial charge >= 0.3 is 0 Å². The summed E-state index contributed by atoms with van der Waals surface area (Å²) in [7, 11) is 0. The van der Waals surface area contributed by atoms with E-state index in [0.29, 0.717) is 11.4 Å². The van der Waals surface area contributed by atoms with Crippen molar-refractivity contribution < 1.29 is 0 Å². The molecule has 2 N–H and O–H groups in total. The zero-order valence-corrected chi connectivity index (χ0v) is 27.0. The van der Waals surface area contributed by atoms with Gasteiger partial charge in [0, 0.05) is 38.6 Å². The van der Waals surface area contributed by atoms with Crippen molar-refractivity contribution in [2.45, 2.75) is 6.42 Å². The van der Waals surface area contributed by atoms with Crippen LogP contribution in [0.2, 0.25) is 0 Å². The van der Waals surface area contributed by atoms with Crippen molar-refractivity contribution in [1.82, 2.24) is 9.97 Å². The maximum Gasteiger partial charge on any atom is 0.117 e. The molecule has 0 saturated heterocycles. The number of rotatable bonds is 5. The predicted molar refractivity (Wildman–Crippen MR) is 207 cm³/mol. The molecule has 1 aliphatic carbocycles. The quantitative estimate of drug-likeness (QED) is 0.183. The van der Waals surface area contributed by atoms with E-state index in [1.807, 2.05) is 78.9 Å². The van der Waals surface area contributed by atoms with E-state index in [2.05, 4.69) is 78.2 Å². The maximum atomic E-state index is 8.80. The minimum Gasteiger partial charge on any atom is -0.299 e. The molecule has 0 radical (unpaired) electrons. The van der Waals surface area contributed by atoms with Crippen LogP contribution in [0.25, 0.3) is 50.4 Å². The van der Waals surface area contributed by atoms with Crippen molar-refractivity contribution in [3.05, 3.63) is 174 Å². The fourth-order valence-electron chi connectivity index (χ4n) is 6.68. The normalized spacial score (nSPS) is 14.4. The number of hydrogen-bond acceptors (Lipinski definition) is 6. The van der Waals surface area contributed by atoms with E-state index < -0.39 is 0 Å². The Hall–Kier alpha value is -6.79. The first-order chi connectivity index (χ1) is 24.7. The minimum atomic E-state index is 0.342. The fraction of sp³-hybridized carbons (Fsp3) is 0.0227. The third-order valence-electron chi connectivity index (χ3n) is 9.20. The molecule has 2 aromatic heterocycles. The van der Waals surface area contributed by atoms with Gasteiger partial charge in [0.1, 0.15) is 5.71 Å². The van der Waals surface area contributed by atoms with Crippen LogP contribution in [0.1, 0.15) is 22.3 Å². The molecule has 0 amide bonds. The zero-order chi connectivity index (χ0) is 33.4. The van der Waals surface area contributed by atoms with E-state index in [-0.39, 0.29) is 0 Å². The third-order valence-corrected chi connectivity index (χ3v) is 9.20. The van der Waals surface area contributed by atoms with Gasteiger partial charge in [0.15, 0.2) is 0 Å². The molecule has 7 aromatic rings. The number of fused-ring (bicyclic) bond motifs is 6. The van der Waals surface area contributed by atoms with Crippen molar-refractivity contribution in [2.75, 3.05) is 5.43 Å². The van der Waals surface area contributed by atoms with Gasteiger partial charge in [0.05, 0.1) is 45.2 Å². The van der Waals surface area contributed by atoms with Gasteiger partial charge in [-0.1, -0.05) is 115 Å². The second-order valence-corrected chi connectivity index (χ2v) is 12.3. The Morgan fingerprint density at radius 2 is 1.38 bits per heavy atom. The molecule has 0 bridgehead atoms. The second kappa shape index (κ2) is 12.3. The van der Waals surface area contributed by atoms with E-state index in [1.165, 1.54) is 0 Å². The standard InChI is InChI=1S/C44H30N6/c45-36-26-25-35-40(44(36)50-49-33-13-5-2-6-14-33)34-15-7-8-16-39(34)48-41(35)31-20-18-29(19-21-31)38-27-24-32-23-22-30-12-9-17-37(28-10-3-1-4-11-28)46-42(30)43(32)47-38/h1-11,13-27,45,49H,12H2/b45-36?,50-44+. The number of pyridine rings is 2. The van der Waals surface area contributed by atoms with Gasteiger partial charge in [-0.05, 0) is 54.5 Å². The van der Waals surface area contributed by atoms with Crippen LogP contribution in [0.4, 0.5) is 11.4 Å². The molecule has 236 valence electrons. The monoisotopic (exact) mass is 642 g/mol. The Morgan fingerprint density at radius 3 is 2.22 bits per heavy atom. The van der Waals surface area contributed by atoms with Gasteiger partial charge in [-0.15, -0.1) is 0 Å². The number of allylic oxidation sites excluding steroid dienone is 3. The molecule has 5 aromatic carbocycles. The van der Waals surface area contributed by atoms with Crippen LogP contribution in [0, 0.1) is 5.41 Å². The molecule has 6 nitrogen and oxygen atoms in total. The Balaban J connectivity index is 1.12. The number of aliphatic imine (C=N–C) groups is 1. The Bertz CT molecular complexity index is 2580. The second-order valence-electron chi connectivity index (χ2n) is 12.3. The van der Waals surface area contributed by atoms with Crippen molar-refractivity contribution >= 4 is 56.4 Å². The lowest BCUT2D eigenvalue weighted by Gasteiger charge is -2.20. The summed E-state index contributed by atoms with van der Waals surface area (Å²) in [5.74, 6) is 0. The molecule has 3 heterocycles. The number of para-hydroxylation sites is 2. The lowest BCUT2D eigenvalue weighted by atomic mass is 9.88. The van der Waals surface area contributed by atoms with Gasteiger partial charge in [-0.25, -0.2) is 15.0 Å². The SMILES string of the molecule is N=C1C=Cc2c(-c3ccc(-c4ccc5ccc6c(c5n4)N=C(c4ccccc4)C=CC6)cc3)nc3ccccc3c2/C1=N/Nc1ccccc1. The number of benzene rings is 5. The van der Waals surface area contributed by atoms with Gasteiger partial charge in [-0.3, -0.25) is 10.8 Å². The van der Waals surface area contributed by atoms with Gasteiger partial charge < -0.3 is 0 Å². The number of aromatic nitrogens is 2. The summed E-state index contributed by atoms with van der Waals surface area (Å²) in [5, 5.41) is 15.6. The number of nitrogens with zero attached hydrogens (tertiary/aromatic N) is 4. The molecule has 0 fully saturated rings. The highest BCUT2D eigenvalue weighted by atomic mass is 15.3. The summed E-state index contributed by atoms with van der Waals surface area (Å²) in [6.07, 6.45) is 8.87. The smallest absolute Gasteiger partial charge is 0.117 e. The van der Waals surface area contributed by atoms with E-state index in [9.17, 15) is 0 Å². The van der Waals surface area contributed by atoms with Gasteiger partial charge in [0.2, 0.25) is 0 Å². The first-order valence-electron chi connectivity index (χ1n) is 16.6. The summed E-state index contributed by atoms with van der Waals surface area (Å²) in [6.45, 7) is 0. The number of nitrogens with one attached hydrogen (secondary N) is 2. The van der Waals surface area contributed by atoms with Gasteiger partial charge in [-0.2, -0.15) is 5.10 Å². The topological polar surface area (TPSA) is 86.4 Å². The van der Waals surface area contributed by atoms with E-state index >= 15 is 0 Å². The van der Waals surface area contributed by atoms with Crippen LogP contribution in [0.15, 0.2) is 162 Å². The van der Waals surface area contributed by atoms with Crippen molar-refractivity contribution in [2.24, 2.45) is 10.1 Å². The predicted octanol–water partition coefficient (Wildman–Crippen LogP) is 10.2. The lowest BCUT2D eigenvalue weighted by Crippen LogP contribution is -2.20. The third kappa shape index (κ3) is 5.29. The molecule has 0 unspecified atom stereocenters. The van der Waals surface area contributed by atoms with Gasteiger partial charge in [0.25, 0.3) is 0 Å². The summed E-state index contributed by atoms with van der Waals surface area (Å²) >= 11 is 0. The molecule has 2 aliphatic rings. The Morgan fingerprint density at radius 1 is 0.640 bits per heavy atom. The highest BCUT2D eigenvalue weighted by Gasteiger charge is 2.24.